The highest BCUT2D eigenvalue weighted by atomic mass is 32.2. The highest BCUT2D eigenvalue weighted by Gasteiger charge is 2.41. The fourth-order valence-electron chi connectivity index (χ4n) is 2.62. The molecule has 0 bridgehead atoms. The molecule has 3 atom stereocenters. The molecular formula is C13H20N2O3S2. The van der Waals surface area contributed by atoms with E-state index < -0.39 is 9.84 Å². The van der Waals surface area contributed by atoms with Crippen molar-refractivity contribution < 1.29 is 13.2 Å². The van der Waals surface area contributed by atoms with Gasteiger partial charge in [-0.25, -0.2) is 8.42 Å². The molecule has 20 heavy (non-hydrogen) atoms. The Morgan fingerprint density at radius 1 is 1.50 bits per heavy atom. The van der Waals surface area contributed by atoms with Crippen molar-refractivity contribution in [2.45, 2.75) is 38.5 Å². The number of hydrogen-bond donors (Lipinski definition) is 1. The quantitative estimate of drug-likeness (QED) is 0.891. The van der Waals surface area contributed by atoms with Crippen molar-refractivity contribution in [2.24, 2.45) is 0 Å². The van der Waals surface area contributed by atoms with Crippen LogP contribution in [0.3, 0.4) is 0 Å². The molecule has 0 spiro atoms. The third kappa shape index (κ3) is 3.21. The zero-order valence-corrected chi connectivity index (χ0v) is 13.5. The highest BCUT2D eigenvalue weighted by Crippen LogP contribution is 2.30. The predicted molar refractivity (Wildman–Crippen MR) is 80.3 cm³/mol. The number of hydrogen-bond acceptors (Lipinski definition) is 5. The normalized spacial score (nSPS) is 25.1. The number of carbonyl (C=O) groups excluding carboxylic acids is 1. The number of thiophene rings is 1. The SMILES string of the molecule is CCC1NC(c2ccsc2)N(C(C)CS(C)(=O)=O)C1=O. The Labute approximate surface area is 123 Å². The molecule has 5 nitrogen and oxygen atoms in total. The Morgan fingerprint density at radius 3 is 2.70 bits per heavy atom. The fraction of sp³-hybridized carbons (Fsp3) is 0.615. The summed E-state index contributed by atoms with van der Waals surface area (Å²) in [5.74, 6) is -0.0304. The zero-order valence-electron chi connectivity index (χ0n) is 11.9. The van der Waals surface area contributed by atoms with Gasteiger partial charge in [0.2, 0.25) is 5.91 Å². The van der Waals surface area contributed by atoms with Crippen LogP contribution in [0.15, 0.2) is 16.8 Å². The summed E-state index contributed by atoms with van der Waals surface area (Å²) in [4.78, 5) is 14.1. The molecule has 2 rings (SSSR count). The summed E-state index contributed by atoms with van der Waals surface area (Å²) >= 11 is 1.57. The summed E-state index contributed by atoms with van der Waals surface area (Å²) in [6.07, 6.45) is 1.67. The van der Waals surface area contributed by atoms with Crippen LogP contribution < -0.4 is 5.32 Å². The molecule has 7 heteroatoms. The first kappa shape index (κ1) is 15.5. The second-order valence-electron chi connectivity index (χ2n) is 5.27. The van der Waals surface area contributed by atoms with Crippen LogP contribution in [-0.4, -0.2) is 43.3 Å². The Morgan fingerprint density at radius 2 is 2.20 bits per heavy atom. The van der Waals surface area contributed by atoms with E-state index in [1.165, 1.54) is 6.26 Å². The molecule has 1 N–H and O–H groups in total. The molecule has 1 aromatic heterocycles. The van der Waals surface area contributed by atoms with Crippen LogP contribution in [0.4, 0.5) is 0 Å². The molecule has 112 valence electrons. The highest BCUT2D eigenvalue weighted by molar-refractivity contribution is 7.90. The third-order valence-corrected chi connectivity index (χ3v) is 5.27. The second kappa shape index (κ2) is 5.83. The van der Waals surface area contributed by atoms with E-state index in [1.807, 2.05) is 23.8 Å². The monoisotopic (exact) mass is 316 g/mol. The van der Waals surface area contributed by atoms with Crippen molar-refractivity contribution >= 4 is 27.1 Å². The van der Waals surface area contributed by atoms with E-state index in [4.69, 9.17) is 0 Å². The summed E-state index contributed by atoms with van der Waals surface area (Å²) < 4.78 is 23.0. The molecule has 0 aliphatic carbocycles. The van der Waals surface area contributed by atoms with Crippen LogP contribution in [0.1, 0.15) is 32.0 Å². The van der Waals surface area contributed by atoms with E-state index in [0.29, 0.717) is 6.42 Å². The first-order valence-electron chi connectivity index (χ1n) is 6.61. The standard InChI is InChI=1S/C13H20N2O3S2/c1-4-11-13(16)15(9(2)8-20(3,17)18)12(14-11)10-5-6-19-7-10/h5-7,9,11-12,14H,4,8H2,1-3H3. The molecular weight excluding hydrogens is 296 g/mol. The van der Waals surface area contributed by atoms with Crippen LogP contribution in [0.2, 0.25) is 0 Å². The molecule has 3 unspecified atom stereocenters. The summed E-state index contributed by atoms with van der Waals surface area (Å²) in [6.45, 7) is 3.74. The molecule has 0 aromatic carbocycles. The van der Waals surface area contributed by atoms with Gasteiger partial charge in [-0.15, -0.1) is 0 Å². The van der Waals surface area contributed by atoms with Gasteiger partial charge in [0.15, 0.2) is 0 Å². The van der Waals surface area contributed by atoms with Crippen molar-refractivity contribution in [1.29, 1.82) is 0 Å². The lowest BCUT2D eigenvalue weighted by molar-refractivity contribution is -0.131. The molecule has 2 heterocycles. The fourth-order valence-corrected chi connectivity index (χ4v) is 4.34. The first-order valence-corrected chi connectivity index (χ1v) is 9.62. The van der Waals surface area contributed by atoms with Crippen molar-refractivity contribution in [2.75, 3.05) is 12.0 Å². The maximum atomic E-state index is 12.4. The molecule has 1 aliphatic heterocycles. The topological polar surface area (TPSA) is 66.5 Å². The average Bonchev–Trinajstić information content (AvgIpc) is 2.93. The Kier molecular flexibility index (Phi) is 4.51. The molecule has 1 aromatic rings. The van der Waals surface area contributed by atoms with Gasteiger partial charge < -0.3 is 4.90 Å². The minimum atomic E-state index is -3.12. The van der Waals surface area contributed by atoms with Crippen molar-refractivity contribution in [3.05, 3.63) is 22.4 Å². The van der Waals surface area contributed by atoms with Gasteiger partial charge in [0, 0.05) is 12.3 Å². The van der Waals surface area contributed by atoms with Gasteiger partial charge in [-0.3, -0.25) is 10.1 Å². The maximum absolute atomic E-state index is 12.4. The number of rotatable bonds is 5. The molecule has 0 saturated carbocycles. The summed E-state index contributed by atoms with van der Waals surface area (Å²) in [6, 6.07) is 1.39. The Hall–Kier alpha value is -0.920. The van der Waals surface area contributed by atoms with Crippen LogP contribution in [0, 0.1) is 0 Å². The summed E-state index contributed by atoms with van der Waals surface area (Å²) in [5.41, 5.74) is 1.01. The lowest BCUT2D eigenvalue weighted by Gasteiger charge is -2.29. The van der Waals surface area contributed by atoms with E-state index >= 15 is 0 Å². The van der Waals surface area contributed by atoms with Gasteiger partial charge in [0.1, 0.15) is 16.0 Å². The first-order chi connectivity index (χ1) is 9.33. The minimum Gasteiger partial charge on any atom is -0.318 e. The van der Waals surface area contributed by atoms with Gasteiger partial charge in [-0.2, -0.15) is 11.3 Å². The van der Waals surface area contributed by atoms with E-state index in [-0.39, 0.29) is 29.9 Å². The van der Waals surface area contributed by atoms with Gasteiger partial charge >= 0.3 is 0 Å². The molecule has 1 fully saturated rings. The number of sulfone groups is 1. The van der Waals surface area contributed by atoms with Crippen LogP contribution >= 0.6 is 11.3 Å². The lowest BCUT2D eigenvalue weighted by atomic mass is 10.2. The minimum absolute atomic E-state index is 0.0140. The van der Waals surface area contributed by atoms with E-state index in [0.717, 1.165) is 5.56 Å². The average molecular weight is 316 g/mol. The molecule has 1 aliphatic rings. The summed E-state index contributed by atoms with van der Waals surface area (Å²) in [5, 5.41) is 7.25. The molecule has 0 radical (unpaired) electrons. The number of nitrogens with one attached hydrogen (secondary N) is 1. The number of amides is 1. The number of nitrogens with zero attached hydrogens (tertiary/aromatic N) is 1. The van der Waals surface area contributed by atoms with Crippen LogP contribution in [0.5, 0.6) is 0 Å². The number of carbonyl (C=O) groups is 1. The van der Waals surface area contributed by atoms with Crippen molar-refractivity contribution in [3.63, 3.8) is 0 Å². The molecule has 1 saturated heterocycles. The largest absolute Gasteiger partial charge is 0.318 e. The zero-order chi connectivity index (χ0) is 14.9. The van der Waals surface area contributed by atoms with E-state index in [1.54, 1.807) is 23.2 Å². The smallest absolute Gasteiger partial charge is 0.241 e. The van der Waals surface area contributed by atoms with Crippen LogP contribution in [0.25, 0.3) is 0 Å². The van der Waals surface area contributed by atoms with Crippen molar-refractivity contribution in [1.82, 2.24) is 10.2 Å². The Balaban J connectivity index is 2.28. The van der Waals surface area contributed by atoms with Crippen LogP contribution in [-0.2, 0) is 14.6 Å². The predicted octanol–water partition coefficient (Wildman–Crippen LogP) is 1.39. The second-order valence-corrected chi connectivity index (χ2v) is 8.24. The third-order valence-electron chi connectivity index (χ3n) is 3.48. The van der Waals surface area contributed by atoms with E-state index in [9.17, 15) is 13.2 Å². The lowest BCUT2D eigenvalue weighted by Crippen LogP contribution is -2.42. The molecule has 1 amide bonds. The van der Waals surface area contributed by atoms with E-state index in [2.05, 4.69) is 5.32 Å². The maximum Gasteiger partial charge on any atom is 0.241 e. The van der Waals surface area contributed by atoms with Gasteiger partial charge in [-0.1, -0.05) is 6.92 Å². The Bertz CT molecular complexity index is 568. The van der Waals surface area contributed by atoms with Gasteiger partial charge in [0.25, 0.3) is 0 Å². The van der Waals surface area contributed by atoms with Crippen molar-refractivity contribution in [3.8, 4) is 0 Å². The van der Waals surface area contributed by atoms with Gasteiger partial charge in [-0.05, 0) is 35.7 Å². The van der Waals surface area contributed by atoms with Gasteiger partial charge in [0.05, 0.1) is 11.8 Å². The summed E-state index contributed by atoms with van der Waals surface area (Å²) in [7, 11) is -3.12.